The predicted molar refractivity (Wildman–Crippen MR) is 219 cm³/mol. The highest BCUT2D eigenvalue weighted by molar-refractivity contribution is 5.79. The molecule has 0 heterocycles. The van der Waals surface area contributed by atoms with Crippen molar-refractivity contribution in [2.75, 3.05) is 9.80 Å². The zero-order valence-corrected chi connectivity index (χ0v) is 28.7. The minimum atomic E-state index is 1.05. The van der Waals surface area contributed by atoms with Crippen LogP contribution in [0.3, 0.4) is 0 Å². The summed E-state index contributed by atoms with van der Waals surface area (Å²) in [6.07, 6.45) is 11.9. The molecule has 2 heteroatoms. The van der Waals surface area contributed by atoms with Crippen LogP contribution in [0.1, 0.15) is 46.2 Å². The van der Waals surface area contributed by atoms with Gasteiger partial charge in [0.2, 0.25) is 0 Å². The number of hydrogen-bond donors (Lipinski definition) is 0. The van der Waals surface area contributed by atoms with Crippen molar-refractivity contribution >= 4 is 58.4 Å². The van der Waals surface area contributed by atoms with Gasteiger partial charge < -0.3 is 9.80 Å². The summed E-state index contributed by atoms with van der Waals surface area (Å²) in [4.78, 5) is 4.59. The summed E-state index contributed by atoms with van der Waals surface area (Å²) in [6.45, 7) is 15.6. The molecule has 0 aromatic heterocycles. The van der Waals surface area contributed by atoms with Crippen LogP contribution in [0.5, 0.6) is 0 Å². The highest BCUT2D eigenvalue weighted by Gasteiger charge is 2.14. The monoisotopic (exact) mass is 648 g/mol. The molecular weight excluding hydrogens is 605 g/mol. The topological polar surface area (TPSA) is 6.48 Å². The second kappa shape index (κ2) is 16.3. The van der Waals surface area contributed by atoms with Gasteiger partial charge in [-0.2, -0.15) is 0 Å². The zero-order chi connectivity index (χ0) is 34.7. The maximum atomic E-state index is 3.91. The Morgan fingerprint density at radius 3 is 0.700 bits per heavy atom. The van der Waals surface area contributed by atoms with Crippen molar-refractivity contribution in [2.24, 2.45) is 0 Å². The SMILES string of the molecule is C=Cc1ccc(N(c2ccc(C=C)cc2)c2ccc(CCCCc3ccc(N(c4ccc(C=C)cc4)c4ccc(C=C)cc4)cc3)cc2)cc1. The Kier molecular flexibility index (Phi) is 11.0. The van der Waals surface area contributed by atoms with Gasteiger partial charge in [-0.3, -0.25) is 0 Å². The molecule has 0 saturated carbocycles. The molecule has 0 saturated heterocycles. The third-order valence-corrected chi connectivity index (χ3v) is 9.12. The van der Waals surface area contributed by atoms with Crippen LogP contribution in [0.25, 0.3) is 24.3 Å². The van der Waals surface area contributed by atoms with Crippen molar-refractivity contribution in [3.63, 3.8) is 0 Å². The van der Waals surface area contributed by atoms with E-state index in [1.54, 1.807) is 0 Å². The molecule has 0 aliphatic carbocycles. The van der Waals surface area contributed by atoms with Crippen LogP contribution in [0.4, 0.5) is 34.1 Å². The summed E-state index contributed by atoms with van der Waals surface area (Å²) < 4.78 is 0. The lowest BCUT2D eigenvalue weighted by Crippen LogP contribution is -2.10. The maximum Gasteiger partial charge on any atom is 0.0462 e. The lowest BCUT2D eigenvalue weighted by Gasteiger charge is -2.26. The third-order valence-electron chi connectivity index (χ3n) is 9.12. The van der Waals surface area contributed by atoms with Crippen molar-refractivity contribution in [1.29, 1.82) is 0 Å². The third kappa shape index (κ3) is 8.11. The molecule has 0 spiro atoms. The number of anilines is 6. The number of unbranched alkanes of at least 4 members (excludes halogenated alkanes) is 1. The van der Waals surface area contributed by atoms with Gasteiger partial charge in [-0.05, 0) is 132 Å². The maximum absolute atomic E-state index is 3.91. The number of nitrogens with zero attached hydrogens (tertiary/aromatic N) is 2. The highest BCUT2D eigenvalue weighted by atomic mass is 15.1. The van der Waals surface area contributed by atoms with Crippen LogP contribution in [0.15, 0.2) is 172 Å². The summed E-state index contributed by atoms with van der Waals surface area (Å²) in [5.41, 5.74) is 13.8. The van der Waals surface area contributed by atoms with E-state index in [2.05, 4.69) is 182 Å². The minimum absolute atomic E-state index is 1.05. The molecule has 6 aromatic carbocycles. The summed E-state index contributed by atoms with van der Waals surface area (Å²) in [5, 5.41) is 0. The summed E-state index contributed by atoms with van der Waals surface area (Å²) >= 11 is 0. The summed E-state index contributed by atoms with van der Waals surface area (Å²) in [7, 11) is 0. The first-order chi connectivity index (χ1) is 24.6. The molecule has 6 rings (SSSR count). The molecule has 0 aliphatic rings. The zero-order valence-electron chi connectivity index (χ0n) is 28.7. The van der Waals surface area contributed by atoms with E-state index in [9.17, 15) is 0 Å². The van der Waals surface area contributed by atoms with E-state index in [0.29, 0.717) is 0 Å². The Morgan fingerprint density at radius 2 is 0.500 bits per heavy atom. The van der Waals surface area contributed by atoms with Crippen molar-refractivity contribution < 1.29 is 0 Å². The van der Waals surface area contributed by atoms with Crippen molar-refractivity contribution in [1.82, 2.24) is 0 Å². The normalized spacial score (nSPS) is 10.6. The lowest BCUT2D eigenvalue weighted by atomic mass is 10.0. The number of hydrogen-bond acceptors (Lipinski definition) is 2. The Labute approximate surface area is 298 Å². The van der Waals surface area contributed by atoms with Gasteiger partial charge in [0.15, 0.2) is 0 Å². The van der Waals surface area contributed by atoms with E-state index < -0.39 is 0 Å². The number of benzene rings is 6. The Hall–Kier alpha value is -6.12. The van der Waals surface area contributed by atoms with Crippen LogP contribution in [0, 0.1) is 0 Å². The second-order valence-corrected chi connectivity index (χ2v) is 12.4. The van der Waals surface area contributed by atoms with Crippen LogP contribution in [-0.2, 0) is 12.8 Å². The van der Waals surface area contributed by atoms with Crippen LogP contribution in [0.2, 0.25) is 0 Å². The lowest BCUT2D eigenvalue weighted by molar-refractivity contribution is 0.734. The van der Waals surface area contributed by atoms with E-state index in [1.165, 1.54) is 11.1 Å². The van der Waals surface area contributed by atoms with E-state index in [4.69, 9.17) is 0 Å². The average molecular weight is 649 g/mol. The summed E-state index contributed by atoms with van der Waals surface area (Å²) in [6, 6.07) is 52.1. The first kappa shape index (κ1) is 33.8. The molecule has 50 heavy (non-hydrogen) atoms. The molecule has 2 nitrogen and oxygen atoms in total. The van der Waals surface area contributed by atoms with Gasteiger partial charge in [-0.25, -0.2) is 0 Å². The van der Waals surface area contributed by atoms with Gasteiger partial charge >= 0.3 is 0 Å². The van der Waals surface area contributed by atoms with Crippen LogP contribution in [-0.4, -0.2) is 0 Å². The molecule has 0 amide bonds. The van der Waals surface area contributed by atoms with Crippen molar-refractivity contribution in [3.05, 3.63) is 205 Å². The van der Waals surface area contributed by atoms with Gasteiger partial charge in [0.1, 0.15) is 0 Å². The standard InChI is InChI=1S/C48H44N2/c1-5-37-13-25-43(26-14-37)49(44-27-15-38(6-2)16-28-44)47-33-21-41(22-34-47)11-9-10-12-42-23-35-48(36-24-42)50(45-29-17-39(7-3)18-30-45)46-31-19-40(8-4)20-32-46/h5-8,13-36H,1-4,9-12H2. The smallest absolute Gasteiger partial charge is 0.0462 e. The van der Waals surface area contributed by atoms with Gasteiger partial charge in [0.25, 0.3) is 0 Å². The fourth-order valence-electron chi connectivity index (χ4n) is 6.21. The van der Waals surface area contributed by atoms with E-state index in [0.717, 1.165) is 82.1 Å². The summed E-state index contributed by atoms with van der Waals surface area (Å²) in [5.74, 6) is 0. The predicted octanol–water partition coefficient (Wildman–Crippen LogP) is 13.8. The number of rotatable bonds is 15. The first-order valence-electron chi connectivity index (χ1n) is 17.3. The van der Waals surface area contributed by atoms with Gasteiger partial charge in [-0.1, -0.05) is 123 Å². The molecule has 0 atom stereocenters. The van der Waals surface area contributed by atoms with Gasteiger partial charge in [0.05, 0.1) is 0 Å². The molecule has 0 radical (unpaired) electrons. The largest absolute Gasteiger partial charge is 0.311 e. The van der Waals surface area contributed by atoms with Gasteiger partial charge in [-0.15, -0.1) is 0 Å². The molecule has 246 valence electrons. The molecule has 6 aromatic rings. The molecule has 0 bridgehead atoms. The van der Waals surface area contributed by atoms with Crippen LogP contribution < -0.4 is 9.80 Å². The molecule has 0 N–H and O–H groups in total. The average Bonchev–Trinajstić information content (AvgIpc) is 3.19. The Balaban J connectivity index is 1.10. The Bertz CT molecular complexity index is 1760. The van der Waals surface area contributed by atoms with E-state index in [1.807, 2.05) is 24.3 Å². The molecule has 0 unspecified atom stereocenters. The fraction of sp³-hybridized carbons (Fsp3) is 0.0833. The first-order valence-corrected chi connectivity index (χ1v) is 17.3. The number of aryl methyl sites for hydroxylation is 2. The van der Waals surface area contributed by atoms with Gasteiger partial charge in [0, 0.05) is 34.1 Å². The van der Waals surface area contributed by atoms with Crippen molar-refractivity contribution in [3.8, 4) is 0 Å². The molecule has 0 aliphatic heterocycles. The van der Waals surface area contributed by atoms with Crippen molar-refractivity contribution in [2.45, 2.75) is 25.7 Å². The fourth-order valence-corrected chi connectivity index (χ4v) is 6.21. The van der Waals surface area contributed by atoms with E-state index >= 15 is 0 Å². The van der Waals surface area contributed by atoms with E-state index in [-0.39, 0.29) is 0 Å². The minimum Gasteiger partial charge on any atom is -0.311 e. The Morgan fingerprint density at radius 1 is 0.300 bits per heavy atom. The quantitative estimate of drug-likeness (QED) is 0.102. The second-order valence-electron chi connectivity index (χ2n) is 12.4. The highest BCUT2D eigenvalue weighted by Crippen LogP contribution is 2.36. The molecular formula is C48H44N2. The van der Waals surface area contributed by atoms with Crippen LogP contribution >= 0.6 is 0 Å². The molecule has 0 fully saturated rings.